The third-order valence-electron chi connectivity index (χ3n) is 3.86. The van der Waals surface area contributed by atoms with E-state index < -0.39 is 0 Å². The van der Waals surface area contributed by atoms with Crippen molar-refractivity contribution < 1.29 is 0 Å². The zero-order chi connectivity index (χ0) is 13.2. The molecule has 19 heavy (non-hydrogen) atoms. The van der Waals surface area contributed by atoms with Crippen molar-refractivity contribution in [3.63, 3.8) is 0 Å². The second-order valence-corrected chi connectivity index (χ2v) is 5.07. The van der Waals surface area contributed by atoms with E-state index in [4.69, 9.17) is 5.26 Å². The van der Waals surface area contributed by atoms with Gasteiger partial charge in [-0.25, -0.2) is 0 Å². The quantitative estimate of drug-likeness (QED) is 0.775. The van der Waals surface area contributed by atoms with Gasteiger partial charge in [-0.1, -0.05) is 36.4 Å². The van der Waals surface area contributed by atoms with E-state index in [-0.39, 0.29) is 6.04 Å². The van der Waals surface area contributed by atoms with Gasteiger partial charge >= 0.3 is 0 Å². The summed E-state index contributed by atoms with van der Waals surface area (Å²) in [5.41, 5.74) is 4.72. The van der Waals surface area contributed by atoms with Crippen LogP contribution in [0.25, 0.3) is 0 Å². The summed E-state index contributed by atoms with van der Waals surface area (Å²) in [5, 5.41) is 9.06. The third-order valence-corrected chi connectivity index (χ3v) is 3.86. The zero-order valence-corrected chi connectivity index (χ0v) is 11.0. The molecule has 0 radical (unpaired) electrons. The highest BCUT2D eigenvalue weighted by Gasteiger charge is 2.25. The van der Waals surface area contributed by atoms with Crippen LogP contribution >= 0.6 is 0 Å². The standard InChI is InChI=1S/C17H16N2/c1-19-10-9-14-6-2-3-8-16(14)17(19)15-7-4-5-13(11-15)12-18/h2-8,11,17H,9-10H2,1H3. The van der Waals surface area contributed by atoms with Crippen LogP contribution in [0.15, 0.2) is 48.5 Å². The SMILES string of the molecule is CN1CCc2ccccc2C1c1cccc(C#N)c1. The van der Waals surface area contributed by atoms with Gasteiger partial charge < -0.3 is 0 Å². The minimum absolute atomic E-state index is 0.262. The zero-order valence-electron chi connectivity index (χ0n) is 11.0. The summed E-state index contributed by atoms with van der Waals surface area (Å²) in [5.74, 6) is 0. The number of likely N-dealkylation sites (N-methyl/N-ethyl adjacent to an activating group) is 1. The van der Waals surface area contributed by atoms with Crippen molar-refractivity contribution in [1.82, 2.24) is 4.90 Å². The molecule has 1 aliphatic heterocycles. The maximum atomic E-state index is 9.06. The predicted molar refractivity (Wildman–Crippen MR) is 75.8 cm³/mol. The monoisotopic (exact) mass is 248 g/mol. The van der Waals surface area contributed by atoms with Crippen molar-refractivity contribution in [2.24, 2.45) is 0 Å². The molecule has 1 atom stereocenters. The summed E-state index contributed by atoms with van der Waals surface area (Å²) >= 11 is 0. The lowest BCUT2D eigenvalue weighted by atomic mass is 9.88. The fourth-order valence-electron chi connectivity index (χ4n) is 2.90. The van der Waals surface area contributed by atoms with Gasteiger partial charge in [0.1, 0.15) is 0 Å². The predicted octanol–water partition coefficient (Wildman–Crippen LogP) is 3.14. The molecule has 0 N–H and O–H groups in total. The van der Waals surface area contributed by atoms with Crippen LogP contribution in [0, 0.1) is 11.3 Å². The fraction of sp³-hybridized carbons (Fsp3) is 0.235. The molecule has 2 nitrogen and oxygen atoms in total. The Morgan fingerprint density at radius 1 is 1.16 bits per heavy atom. The van der Waals surface area contributed by atoms with Crippen molar-refractivity contribution in [3.05, 3.63) is 70.8 Å². The Labute approximate surface area is 113 Å². The second-order valence-electron chi connectivity index (χ2n) is 5.07. The van der Waals surface area contributed by atoms with Gasteiger partial charge in [-0.15, -0.1) is 0 Å². The Morgan fingerprint density at radius 2 is 2.00 bits per heavy atom. The number of hydrogen-bond acceptors (Lipinski definition) is 2. The average Bonchev–Trinajstić information content (AvgIpc) is 2.47. The number of fused-ring (bicyclic) bond motifs is 1. The first-order valence-electron chi connectivity index (χ1n) is 6.57. The summed E-state index contributed by atoms with van der Waals surface area (Å²) < 4.78 is 0. The van der Waals surface area contributed by atoms with E-state index in [1.807, 2.05) is 18.2 Å². The van der Waals surface area contributed by atoms with Crippen LogP contribution in [-0.2, 0) is 6.42 Å². The summed E-state index contributed by atoms with van der Waals surface area (Å²) in [6.45, 7) is 1.05. The van der Waals surface area contributed by atoms with Crippen molar-refractivity contribution in [2.45, 2.75) is 12.5 Å². The van der Waals surface area contributed by atoms with Crippen molar-refractivity contribution in [2.75, 3.05) is 13.6 Å². The normalized spacial score (nSPS) is 18.6. The van der Waals surface area contributed by atoms with Gasteiger partial charge in [-0.05, 0) is 42.3 Å². The molecule has 0 bridgehead atoms. The Bertz CT molecular complexity index is 640. The first-order chi connectivity index (χ1) is 9.29. The molecule has 0 aliphatic carbocycles. The van der Waals surface area contributed by atoms with E-state index in [0.29, 0.717) is 0 Å². The molecule has 0 saturated heterocycles. The van der Waals surface area contributed by atoms with Crippen molar-refractivity contribution in [1.29, 1.82) is 5.26 Å². The van der Waals surface area contributed by atoms with E-state index in [1.54, 1.807) is 0 Å². The highest BCUT2D eigenvalue weighted by Crippen LogP contribution is 2.34. The largest absolute Gasteiger partial charge is 0.295 e. The van der Waals surface area contributed by atoms with Gasteiger partial charge in [0.25, 0.3) is 0 Å². The molecule has 2 aromatic carbocycles. The lowest BCUT2D eigenvalue weighted by Gasteiger charge is -2.35. The first-order valence-corrected chi connectivity index (χ1v) is 6.57. The molecule has 0 saturated carbocycles. The molecule has 94 valence electrons. The van der Waals surface area contributed by atoms with Crippen LogP contribution in [0.2, 0.25) is 0 Å². The fourth-order valence-corrected chi connectivity index (χ4v) is 2.90. The maximum Gasteiger partial charge on any atom is 0.0991 e. The van der Waals surface area contributed by atoms with E-state index >= 15 is 0 Å². The van der Waals surface area contributed by atoms with Gasteiger partial charge in [0.05, 0.1) is 17.7 Å². The topological polar surface area (TPSA) is 27.0 Å². The molecule has 0 amide bonds. The van der Waals surface area contributed by atoms with E-state index in [0.717, 1.165) is 18.5 Å². The van der Waals surface area contributed by atoms with Gasteiger partial charge in [-0.2, -0.15) is 5.26 Å². The number of nitriles is 1. The molecule has 2 aromatic rings. The van der Waals surface area contributed by atoms with E-state index in [1.165, 1.54) is 16.7 Å². The molecule has 1 aliphatic rings. The van der Waals surface area contributed by atoms with Gasteiger partial charge in [0.15, 0.2) is 0 Å². The van der Waals surface area contributed by atoms with E-state index in [9.17, 15) is 0 Å². The van der Waals surface area contributed by atoms with Crippen LogP contribution < -0.4 is 0 Å². The molecular weight excluding hydrogens is 232 g/mol. The number of rotatable bonds is 1. The van der Waals surface area contributed by atoms with E-state index in [2.05, 4.69) is 48.3 Å². The van der Waals surface area contributed by atoms with Crippen LogP contribution in [0.1, 0.15) is 28.3 Å². The molecule has 3 rings (SSSR count). The Morgan fingerprint density at radius 3 is 2.84 bits per heavy atom. The van der Waals surface area contributed by atoms with Crippen molar-refractivity contribution in [3.8, 4) is 6.07 Å². The average molecular weight is 248 g/mol. The van der Waals surface area contributed by atoms with Crippen molar-refractivity contribution >= 4 is 0 Å². The highest BCUT2D eigenvalue weighted by atomic mass is 15.1. The minimum Gasteiger partial charge on any atom is -0.295 e. The summed E-state index contributed by atoms with van der Waals surface area (Å²) in [4.78, 5) is 2.36. The molecule has 1 heterocycles. The number of benzene rings is 2. The smallest absolute Gasteiger partial charge is 0.0991 e. The van der Waals surface area contributed by atoms with Gasteiger partial charge in [0, 0.05) is 6.54 Å². The highest BCUT2D eigenvalue weighted by molar-refractivity contribution is 5.42. The molecule has 0 spiro atoms. The molecule has 1 unspecified atom stereocenters. The summed E-state index contributed by atoms with van der Waals surface area (Å²) in [7, 11) is 2.15. The summed E-state index contributed by atoms with van der Waals surface area (Å²) in [6, 6.07) is 19.1. The lowest BCUT2D eigenvalue weighted by molar-refractivity contribution is 0.265. The second kappa shape index (κ2) is 4.87. The van der Waals surface area contributed by atoms with Crippen LogP contribution in [0.3, 0.4) is 0 Å². The molecular formula is C17H16N2. The third kappa shape index (κ3) is 2.14. The Kier molecular flexibility index (Phi) is 3.06. The van der Waals surface area contributed by atoms with Crippen LogP contribution in [0.4, 0.5) is 0 Å². The Hall–Kier alpha value is -2.11. The first kappa shape index (κ1) is 12.0. The van der Waals surface area contributed by atoms with Crippen LogP contribution in [-0.4, -0.2) is 18.5 Å². The molecule has 0 aromatic heterocycles. The summed E-state index contributed by atoms with van der Waals surface area (Å²) in [6.07, 6.45) is 1.10. The number of hydrogen-bond donors (Lipinski definition) is 0. The molecule has 0 fully saturated rings. The van der Waals surface area contributed by atoms with Gasteiger partial charge in [-0.3, -0.25) is 4.90 Å². The lowest BCUT2D eigenvalue weighted by Crippen LogP contribution is -2.32. The minimum atomic E-state index is 0.262. The van der Waals surface area contributed by atoms with Crippen LogP contribution in [0.5, 0.6) is 0 Å². The molecule has 2 heteroatoms. The number of nitrogens with zero attached hydrogens (tertiary/aromatic N) is 2. The maximum absolute atomic E-state index is 9.06. The Balaban J connectivity index is 2.11. The van der Waals surface area contributed by atoms with Gasteiger partial charge in [0.2, 0.25) is 0 Å².